The molecule has 0 saturated carbocycles. The van der Waals surface area contributed by atoms with Gasteiger partial charge >= 0.3 is 5.76 Å². The maximum atomic E-state index is 12.6. The van der Waals surface area contributed by atoms with E-state index in [4.69, 9.17) is 9.15 Å². The van der Waals surface area contributed by atoms with Crippen molar-refractivity contribution < 1.29 is 13.9 Å². The third-order valence-corrected chi connectivity index (χ3v) is 7.15. The molecule has 9 heteroatoms. The zero-order valence-electron chi connectivity index (χ0n) is 18.7. The van der Waals surface area contributed by atoms with E-state index in [0.717, 1.165) is 44.6 Å². The number of hydrogen-bond acceptors (Lipinski definition) is 7. The van der Waals surface area contributed by atoms with Crippen molar-refractivity contribution in [3.8, 4) is 17.2 Å². The van der Waals surface area contributed by atoms with Gasteiger partial charge in [0.1, 0.15) is 12.1 Å². The lowest BCUT2D eigenvalue weighted by Crippen LogP contribution is -2.46. The molecule has 4 aromatic rings. The smallest absolute Gasteiger partial charge is 0.408 e. The largest absolute Gasteiger partial charge is 0.419 e. The monoisotopic (exact) mass is 476 g/mol. The molecule has 1 saturated heterocycles. The van der Waals surface area contributed by atoms with E-state index in [2.05, 4.69) is 34.9 Å². The van der Waals surface area contributed by atoms with E-state index in [1.807, 2.05) is 24.3 Å². The Balaban J connectivity index is 1.34. The van der Waals surface area contributed by atoms with Crippen LogP contribution in [-0.4, -0.2) is 42.3 Å². The van der Waals surface area contributed by atoms with E-state index in [0.29, 0.717) is 25.2 Å². The molecule has 1 amide bonds. The van der Waals surface area contributed by atoms with Crippen molar-refractivity contribution in [1.82, 2.24) is 15.2 Å². The van der Waals surface area contributed by atoms with Gasteiger partial charge in [-0.2, -0.15) is 5.26 Å². The molecule has 2 N–H and O–H groups in total. The molecule has 1 aliphatic rings. The van der Waals surface area contributed by atoms with E-state index in [1.54, 1.807) is 18.4 Å². The Kier molecular flexibility index (Phi) is 6.20. The molecule has 2 aromatic heterocycles. The second-order valence-electron chi connectivity index (χ2n) is 8.39. The molecule has 1 fully saturated rings. The van der Waals surface area contributed by atoms with Crippen LogP contribution in [0.15, 0.2) is 51.7 Å². The Morgan fingerprint density at radius 3 is 2.97 bits per heavy atom. The van der Waals surface area contributed by atoms with Gasteiger partial charge in [-0.25, -0.2) is 4.79 Å². The number of fused-ring (bicyclic) bond motifs is 2. The van der Waals surface area contributed by atoms with Gasteiger partial charge in [0.2, 0.25) is 0 Å². The summed E-state index contributed by atoms with van der Waals surface area (Å²) in [6.07, 6.45) is 0.721. The maximum Gasteiger partial charge on any atom is 0.419 e. The Morgan fingerprint density at radius 1 is 1.29 bits per heavy atom. The van der Waals surface area contributed by atoms with Crippen LogP contribution in [0.1, 0.15) is 11.3 Å². The molecule has 34 heavy (non-hydrogen) atoms. The van der Waals surface area contributed by atoms with E-state index in [1.165, 1.54) is 4.57 Å². The van der Waals surface area contributed by atoms with Crippen molar-refractivity contribution >= 4 is 38.4 Å². The van der Waals surface area contributed by atoms with Crippen LogP contribution in [0.2, 0.25) is 0 Å². The first-order valence-corrected chi connectivity index (χ1v) is 12.0. The number of hydrogen-bond donors (Lipinski definition) is 2. The molecule has 1 unspecified atom stereocenters. The second kappa shape index (κ2) is 9.43. The summed E-state index contributed by atoms with van der Waals surface area (Å²) >= 11 is 1.61. The number of ether oxygens (including phenoxy) is 1. The highest BCUT2D eigenvalue weighted by Gasteiger charge is 2.23. The molecule has 0 aliphatic carbocycles. The highest BCUT2D eigenvalue weighted by atomic mass is 32.1. The third-order valence-electron chi connectivity index (χ3n) is 6.01. The van der Waals surface area contributed by atoms with E-state index in [9.17, 15) is 14.9 Å². The van der Waals surface area contributed by atoms with Gasteiger partial charge in [0.05, 0.1) is 11.6 Å². The fraction of sp³-hybridized carbons (Fsp3) is 0.320. The highest BCUT2D eigenvalue weighted by molar-refractivity contribution is 7.19. The van der Waals surface area contributed by atoms with Crippen LogP contribution >= 0.6 is 11.3 Å². The van der Waals surface area contributed by atoms with Gasteiger partial charge in [0.25, 0.3) is 5.91 Å². The topological polar surface area (TPSA) is 109 Å². The summed E-state index contributed by atoms with van der Waals surface area (Å²) in [5.41, 5.74) is 3.31. The van der Waals surface area contributed by atoms with Crippen LogP contribution < -0.4 is 16.4 Å². The minimum absolute atomic E-state index is 0.256. The summed E-state index contributed by atoms with van der Waals surface area (Å²) < 4.78 is 13.4. The quantitative estimate of drug-likeness (QED) is 0.458. The van der Waals surface area contributed by atoms with Gasteiger partial charge in [-0.15, -0.1) is 11.3 Å². The summed E-state index contributed by atoms with van der Waals surface area (Å²) in [5, 5.41) is 16.7. The number of nitrogens with zero attached hydrogens (tertiary/aromatic N) is 2. The zero-order valence-corrected chi connectivity index (χ0v) is 19.5. The van der Waals surface area contributed by atoms with Crippen molar-refractivity contribution in [2.75, 3.05) is 19.7 Å². The SMILES string of the molecule is Cn1c(=O)oc2ccc(-c3ccc4sc(C[C@@H](C#N)NC(=O)C5CNCCCO5)cc4c3)cc21. The minimum Gasteiger partial charge on any atom is -0.408 e. The van der Waals surface area contributed by atoms with Crippen LogP contribution in [0.5, 0.6) is 0 Å². The molecule has 2 aromatic carbocycles. The number of nitriles is 1. The fourth-order valence-corrected chi connectivity index (χ4v) is 5.25. The lowest BCUT2D eigenvalue weighted by Gasteiger charge is -2.17. The van der Waals surface area contributed by atoms with Crippen molar-refractivity contribution in [2.45, 2.75) is 25.0 Å². The molecular weight excluding hydrogens is 452 g/mol. The standard InChI is InChI=1S/C25H24N4O4S/c1-29-20-11-16(3-5-21(20)33-25(29)31)15-4-6-23-17(9-15)10-19(34-23)12-18(13-26)28-24(30)22-14-27-7-2-8-32-22/h3-6,9-11,18,22,27H,2,7-8,12,14H2,1H3,(H,28,30)/t18-,22?/m0/s1. The number of carbonyl (C=O) groups excluding carboxylic acids is 1. The van der Waals surface area contributed by atoms with Crippen molar-refractivity contribution in [3.63, 3.8) is 0 Å². The predicted molar refractivity (Wildman–Crippen MR) is 131 cm³/mol. The van der Waals surface area contributed by atoms with E-state index < -0.39 is 12.1 Å². The van der Waals surface area contributed by atoms with Crippen LogP contribution in [0, 0.1) is 11.3 Å². The molecular formula is C25H24N4O4S. The zero-order chi connectivity index (χ0) is 23.7. The minimum atomic E-state index is -0.628. The highest BCUT2D eigenvalue weighted by Crippen LogP contribution is 2.32. The van der Waals surface area contributed by atoms with Gasteiger partial charge in [-0.1, -0.05) is 12.1 Å². The van der Waals surface area contributed by atoms with Gasteiger partial charge in [0, 0.05) is 36.2 Å². The normalized spacial score (nSPS) is 17.4. The first-order valence-electron chi connectivity index (χ1n) is 11.2. The van der Waals surface area contributed by atoms with Crippen LogP contribution in [0.4, 0.5) is 0 Å². The molecule has 8 nitrogen and oxygen atoms in total. The van der Waals surface area contributed by atoms with Crippen molar-refractivity contribution in [3.05, 3.63) is 57.9 Å². The molecule has 0 bridgehead atoms. The number of aryl methyl sites for hydroxylation is 1. The number of carbonyl (C=O) groups is 1. The Bertz CT molecular complexity index is 1450. The third kappa shape index (κ3) is 4.48. The summed E-state index contributed by atoms with van der Waals surface area (Å²) in [7, 11) is 1.69. The number of aromatic nitrogens is 1. The predicted octanol–water partition coefficient (Wildman–Crippen LogP) is 2.94. The van der Waals surface area contributed by atoms with Gasteiger partial charge in [-0.3, -0.25) is 9.36 Å². The summed E-state index contributed by atoms with van der Waals surface area (Å²) in [4.78, 5) is 25.4. The van der Waals surface area contributed by atoms with E-state index >= 15 is 0 Å². The van der Waals surface area contributed by atoms with Gasteiger partial charge < -0.3 is 19.8 Å². The number of rotatable bonds is 5. The fourth-order valence-electron chi connectivity index (χ4n) is 4.16. The molecule has 2 atom stereocenters. The summed E-state index contributed by atoms with van der Waals surface area (Å²) in [6.45, 7) is 1.81. The van der Waals surface area contributed by atoms with Crippen LogP contribution in [0.25, 0.3) is 32.3 Å². The molecule has 0 radical (unpaired) electrons. The molecule has 1 aliphatic heterocycles. The average Bonchev–Trinajstić information content (AvgIpc) is 3.22. The van der Waals surface area contributed by atoms with Crippen LogP contribution in [0.3, 0.4) is 0 Å². The van der Waals surface area contributed by atoms with E-state index in [-0.39, 0.29) is 11.7 Å². The first-order chi connectivity index (χ1) is 16.5. The van der Waals surface area contributed by atoms with Gasteiger partial charge in [-0.05, 0) is 59.8 Å². The molecule has 5 rings (SSSR count). The number of oxazole rings is 1. The Labute approximate surface area is 199 Å². The summed E-state index contributed by atoms with van der Waals surface area (Å²) in [5.74, 6) is -0.639. The van der Waals surface area contributed by atoms with Crippen molar-refractivity contribution in [2.24, 2.45) is 7.05 Å². The average molecular weight is 477 g/mol. The molecule has 174 valence electrons. The summed E-state index contributed by atoms with van der Waals surface area (Å²) in [6, 6.07) is 15.5. The molecule has 3 heterocycles. The second-order valence-corrected chi connectivity index (χ2v) is 9.55. The lowest BCUT2D eigenvalue weighted by molar-refractivity contribution is -0.132. The lowest BCUT2D eigenvalue weighted by atomic mass is 10.0. The maximum absolute atomic E-state index is 12.6. The molecule has 0 spiro atoms. The Morgan fingerprint density at radius 2 is 2.12 bits per heavy atom. The number of nitrogens with one attached hydrogen (secondary N) is 2. The number of amides is 1. The van der Waals surface area contributed by atoms with Crippen molar-refractivity contribution in [1.29, 1.82) is 5.26 Å². The van der Waals surface area contributed by atoms with Gasteiger partial charge in [0.15, 0.2) is 5.58 Å². The Hall–Kier alpha value is -3.45. The first kappa shape index (κ1) is 22.3. The van der Waals surface area contributed by atoms with Crippen LogP contribution in [-0.2, 0) is 23.0 Å². The number of benzene rings is 2. The number of thiophene rings is 1.